The van der Waals surface area contributed by atoms with E-state index in [1.165, 1.54) is 0 Å². The van der Waals surface area contributed by atoms with Crippen LogP contribution in [0.4, 0.5) is 5.69 Å². The van der Waals surface area contributed by atoms with Crippen LogP contribution in [0.2, 0.25) is 0 Å². The molecule has 0 saturated heterocycles. The van der Waals surface area contributed by atoms with Crippen LogP contribution in [-0.4, -0.2) is 36.3 Å². The molecule has 6 N–H and O–H groups in total. The number of aromatic amines is 3. The molecular weight excluding hydrogens is 302 g/mol. The Kier molecular flexibility index (Phi) is 3.47. The summed E-state index contributed by atoms with van der Waals surface area (Å²) < 4.78 is 0. The minimum atomic E-state index is -0.857. The highest BCUT2D eigenvalue weighted by Gasteiger charge is 2.14. The first-order chi connectivity index (χ1) is 11.0. The summed E-state index contributed by atoms with van der Waals surface area (Å²) in [6.07, 6.45) is 1.57. The summed E-state index contributed by atoms with van der Waals surface area (Å²) in [6, 6.07) is 6.90. The van der Waals surface area contributed by atoms with Crippen molar-refractivity contribution in [1.82, 2.24) is 25.4 Å². The monoisotopic (exact) mass is 313 g/mol. The Labute approximate surface area is 127 Å². The van der Waals surface area contributed by atoms with Crippen molar-refractivity contribution in [2.75, 3.05) is 5.32 Å². The lowest BCUT2D eigenvalue weighted by molar-refractivity contribution is 0.447. The minimum absolute atomic E-state index is 0.351. The first kappa shape index (κ1) is 14.3. The summed E-state index contributed by atoms with van der Waals surface area (Å²) in [4.78, 5) is 26.7. The summed E-state index contributed by atoms with van der Waals surface area (Å²) in [5, 5.41) is 30.2. The van der Waals surface area contributed by atoms with E-state index in [2.05, 4.69) is 20.7 Å². The molecular formula is C13H11N7O3. The Balaban J connectivity index is 1.84. The van der Waals surface area contributed by atoms with Crippen LogP contribution < -0.4 is 16.6 Å². The smallest absolute Gasteiger partial charge is 0.328 e. The predicted molar refractivity (Wildman–Crippen MR) is 81.6 cm³/mol. The molecule has 0 bridgehead atoms. The molecule has 116 valence electrons. The fraction of sp³-hybridized carbons (Fsp3) is 0. The van der Waals surface area contributed by atoms with E-state index < -0.39 is 17.1 Å². The van der Waals surface area contributed by atoms with E-state index in [0.29, 0.717) is 5.69 Å². The number of aromatic nitrogens is 5. The van der Waals surface area contributed by atoms with Crippen LogP contribution in [-0.2, 0) is 0 Å². The molecule has 23 heavy (non-hydrogen) atoms. The summed E-state index contributed by atoms with van der Waals surface area (Å²) in [5.41, 5.74) is 0.0475. The second-order valence-electron chi connectivity index (χ2n) is 4.58. The van der Waals surface area contributed by atoms with Crippen molar-refractivity contribution in [3.8, 4) is 17.1 Å². The minimum Gasteiger partial charge on any atom is -0.494 e. The molecule has 0 fully saturated rings. The highest BCUT2D eigenvalue weighted by Crippen LogP contribution is 2.19. The highest BCUT2D eigenvalue weighted by atomic mass is 16.3. The van der Waals surface area contributed by atoms with Gasteiger partial charge in [-0.3, -0.25) is 25.3 Å². The van der Waals surface area contributed by atoms with Crippen molar-refractivity contribution in [2.45, 2.75) is 0 Å². The van der Waals surface area contributed by atoms with Gasteiger partial charge in [-0.25, -0.2) is 4.79 Å². The molecule has 0 amide bonds. The SMILES string of the molecule is N=C(Nc1ccc(-c2cnn[nH]2)cc1)c1c(O)[nH]c(=O)[nH]c1=O. The molecule has 2 aromatic heterocycles. The van der Waals surface area contributed by atoms with Crippen molar-refractivity contribution in [3.63, 3.8) is 0 Å². The number of hydrogen-bond acceptors (Lipinski definition) is 6. The Bertz CT molecular complexity index is 954. The van der Waals surface area contributed by atoms with Gasteiger partial charge in [-0.1, -0.05) is 17.3 Å². The molecule has 0 atom stereocenters. The third-order valence-corrected chi connectivity index (χ3v) is 3.05. The van der Waals surface area contributed by atoms with Crippen molar-refractivity contribution < 1.29 is 5.11 Å². The molecule has 3 rings (SSSR count). The molecule has 2 heterocycles. The fourth-order valence-electron chi connectivity index (χ4n) is 1.98. The van der Waals surface area contributed by atoms with Gasteiger partial charge in [0.05, 0.1) is 11.9 Å². The van der Waals surface area contributed by atoms with Gasteiger partial charge >= 0.3 is 5.69 Å². The molecule has 0 aliphatic heterocycles. The zero-order valence-electron chi connectivity index (χ0n) is 11.5. The largest absolute Gasteiger partial charge is 0.494 e. The maximum atomic E-state index is 11.7. The van der Waals surface area contributed by atoms with E-state index >= 15 is 0 Å². The normalized spacial score (nSPS) is 10.4. The van der Waals surface area contributed by atoms with E-state index in [1.54, 1.807) is 30.5 Å². The molecule has 10 nitrogen and oxygen atoms in total. The van der Waals surface area contributed by atoms with Crippen LogP contribution in [0.5, 0.6) is 5.88 Å². The predicted octanol–water partition coefficient (Wildman–Crippen LogP) is -0.00863. The van der Waals surface area contributed by atoms with Gasteiger partial charge in [0.1, 0.15) is 11.4 Å². The van der Waals surface area contributed by atoms with Crippen LogP contribution in [0.3, 0.4) is 0 Å². The topological polar surface area (TPSA) is 163 Å². The maximum absolute atomic E-state index is 11.7. The number of aromatic hydroxyl groups is 1. The Morgan fingerprint density at radius 2 is 1.91 bits per heavy atom. The molecule has 0 aliphatic rings. The van der Waals surface area contributed by atoms with E-state index in [-0.39, 0.29) is 11.4 Å². The number of anilines is 1. The molecule has 0 spiro atoms. The molecule has 0 unspecified atom stereocenters. The Morgan fingerprint density at radius 3 is 2.52 bits per heavy atom. The summed E-state index contributed by atoms with van der Waals surface area (Å²) in [7, 11) is 0. The standard InChI is InChI=1S/C13H11N7O3/c14-10(9-11(21)17-13(23)18-12(9)22)16-7-3-1-6(2-4-7)8-5-15-20-19-8/h1-5H,(H2,14,16)(H,15,19,20)(H3,17,18,21,22,23). The summed E-state index contributed by atoms with van der Waals surface area (Å²) in [6.45, 7) is 0. The van der Waals surface area contributed by atoms with Gasteiger partial charge in [0, 0.05) is 11.3 Å². The quantitative estimate of drug-likeness (QED) is 0.294. The van der Waals surface area contributed by atoms with Crippen LogP contribution in [0.25, 0.3) is 11.3 Å². The fourth-order valence-corrected chi connectivity index (χ4v) is 1.98. The average molecular weight is 313 g/mol. The lowest BCUT2D eigenvalue weighted by Gasteiger charge is -2.08. The van der Waals surface area contributed by atoms with Crippen LogP contribution in [0, 0.1) is 5.41 Å². The van der Waals surface area contributed by atoms with Gasteiger partial charge < -0.3 is 10.4 Å². The number of amidine groups is 1. The maximum Gasteiger partial charge on any atom is 0.328 e. The van der Waals surface area contributed by atoms with E-state index in [9.17, 15) is 14.7 Å². The Morgan fingerprint density at radius 1 is 1.17 bits per heavy atom. The third-order valence-electron chi connectivity index (χ3n) is 3.05. The van der Waals surface area contributed by atoms with E-state index in [4.69, 9.17) is 5.41 Å². The molecule has 0 aliphatic carbocycles. The van der Waals surface area contributed by atoms with Crippen LogP contribution >= 0.6 is 0 Å². The number of rotatable bonds is 3. The third kappa shape index (κ3) is 2.85. The summed E-state index contributed by atoms with van der Waals surface area (Å²) >= 11 is 0. The highest BCUT2D eigenvalue weighted by molar-refractivity contribution is 6.07. The average Bonchev–Trinajstić information content (AvgIpc) is 3.01. The van der Waals surface area contributed by atoms with Gasteiger partial charge in [0.15, 0.2) is 0 Å². The molecule has 10 heteroatoms. The second kappa shape index (κ2) is 5.60. The van der Waals surface area contributed by atoms with E-state index in [0.717, 1.165) is 11.3 Å². The number of nitrogens with zero attached hydrogens (tertiary/aromatic N) is 2. The number of hydrogen-bond donors (Lipinski definition) is 6. The first-order valence-electron chi connectivity index (χ1n) is 6.42. The van der Waals surface area contributed by atoms with Gasteiger partial charge in [0.2, 0.25) is 5.88 Å². The van der Waals surface area contributed by atoms with Gasteiger partial charge in [0.25, 0.3) is 5.56 Å². The summed E-state index contributed by atoms with van der Waals surface area (Å²) in [5.74, 6) is -1.02. The number of H-pyrrole nitrogens is 3. The first-order valence-corrected chi connectivity index (χ1v) is 6.42. The van der Waals surface area contributed by atoms with Crippen LogP contribution in [0.1, 0.15) is 5.56 Å². The number of nitrogens with one attached hydrogen (secondary N) is 5. The lowest BCUT2D eigenvalue weighted by Crippen LogP contribution is -2.30. The van der Waals surface area contributed by atoms with Crippen molar-refractivity contribution in [2.24, 2.45) is 0 Å². The van der Waals surface area contributed by atoms with Crippen molar-refractivity contribution in [3.05, 3.63) is 56.9 Å². The zero-order chi connectivity index (χ0) is 16.4. The lowest BCUT2D eigenvalue weighted by atomic mass is 10.1. The van der Waals surface area contributed by atoms with Crippen molar-refractivity contribution >= 4 is 11.5 Å². The number of benzene rings is 1. The second-order valence-corrected chi connectivity index (χ2v) is 4.58. The van der Waals surface area contributed by atoms with Crippen molar-refractivity contribution in [1.29, 1.82) is 5.41 Å². The van der Waals surface area contributed by atoms with Gasteiger partial charge in [-0.05, 0) is 12.1 Å². The molecule has 1 aromatic carbocycles. The van der Waals surface area contributed by atoms with Gasteiger partial charge in [-0.15, -0.1) is 5.10 Å². The van der Waals surface area contributed by atoms with Crippen LogP contribution in [0.15, 0.2) is 40.1 Å². The Hall–Kier alpha value is -3.69. The van der Waals surface area contributed by atoms with Gasteiger partial charge in [-0.2, -0.15) is 0 Å². The zero-order valence-corrected chi connectivity index (χ0v) is 11.5. The molecule has 3 aromatic rings. The van der Waals surface area contributed by atoms with E-state index in [1.807, 2.05) is 9.97 Å². The molecule has 0 radical (unpaired) electrons. The molecule has 0 saturated carbocycles.